The van der Waals surface area contributed by atoms with Crippen molar-refractivity contribution in [2.45, 2.75) is 39.2 Å². The molecule has 0 unspecified atom stereocenters. The van der Waals surface area contributed by atoms with E-state index in [1.54, 1.807) is 6.07 Å². The monoisotopic (exact) mass is 326 g/mol. The fourth-order valence-electron chi connectivity index (χ4n) is 2.41. The number of ether oxygens (including phenoxy) is 1. The van der Waals surface area contributed by atoms with Crippen molar-refractivity contribution in [3.05, 3.63) is 17.5 Å². The van der Waals surface area contributed by atoms with Crippen LogP contribution in [-0.4, -0.2) is 41.3 Å². The molecule has 1 saturated heterocycles. The number of carbonyl (C=O) groups is 1. The molecule has 2 rings (SSSR count). The highest BCUT2D eigenvalue weighted by Gasteiger charge is 2.22. The molecule has 122 valence electrons. The van der Waals surface area contributed by atoms with Crippen LogP contribution < -0.4 is 10.2 Å². The van der Waals surface area contributed by atoms with Gasteiger partial charge < -0.3 is 15.0 Å². The number of carbonyl (C=O) groups excluding carboxylic acids is 1. The van der Waals surface area contributed by atoms with E-state index >= 15 is 0 Å². The zero-order valence-corrected chi connectivity index (χ0v) is 14.1. The molecule has 0 bridgehead atoms. The van der Waals surface area contributed by atoms with E-state index in [9.17, 15) is 4.79 Å². The van der Waals surface area contributed by atoms with Crippen molar-refractivity contribution in [3.63, 3.8) is 0 Å². The van der Waals surface area contributed by atoms with E-state index in [1.807, 2.05) is 20.8 Å². The molecule has 1 N–H and O–H groups in total. The highest BCUT2D eigenvalue weighted by Crippen LogP contribution is 2.22. The fourth-order valence-corrected chi connectivity index (χ4v) is 2.55. The van der Waals surface area contributed by atoms with Crippen LogP contribution in [0.5, 0.6) is 0 Å². The lowest BCUT2D eigenvalue weighted by atomic mass is 9.97. The molecule has 22 heavy (non-hydrogen) atoms. The zero-order chi connectivity index (χ0) is 16.2. The van der Waals surface area contributed by atoms with Gasteiger partial charge in [-0.2, -0.15) is 0 Å². The molecule has 1 fully saturated rings. The van der Waals surface area contributed by atoms with Crippen LogP contribution in [0.2, 0.25) is 5.15 Å². The Morgan fingerprint density at radius 1 is 1.41 bits per heavy atom. The molecule has 0 radical (unpaired) electrons. The fraction of sp³-hybridized carbons (Fsp3) is 0.667. The average molecular weight is 327 g/mol. The maximum Gasteiger partial charge on any atom is 0.407 e. The number of amides is 1. The first-order valence-electron chi connectivity index (χ1n) is 7.53. The molecule has 2 heterocycles. The molecule has 6 nitrogen and oxygen atoms in total. The normalized spacial score (nSPS) is 16.5. The Labute approximate surface area is 136 Å². The number of rotatable bonds is 3. The van der Waals surface area contributed by atoms with Crippen molar-refractivity contribution in [2.75, 3.05) is 24.5 Å². The van der Waals surface area contributed by atoms with Gasteiger partial charge in [-0.1, -0.05) is 11.6 Å². The molecule has 0 spiro atoms. The van der Waals surface area contributed by atoms with Gasteiger partial charge in [-0.25, -0.2) is 14.8 Å². The van der Waals surface area contributed by atoms with Gasteiger partial charge in [0.2, 0.25) is 0 Å². The average Bonchev–Trinajstić information content (AvgIpc) is 2.44. The predicted molar refractivity (Wildman–Crippen MR) is 86.2 cm³/mol. The number of halogens is 1. The third kappa shape index (κ3) is 5.33. The van der Waals surface area contributed by atoms with Gasteiger partial charge in [0.15, 0.2) is 0 Å². The molecule has 0 aromatic carbocycles. The van der Waals surface area contributed by atoms with Crippen molar-refractivity contribution < 1.29 is 9.53 Å². The van der Waals surface area contributed by atoms with Crippen molar-refractivity contribution in [2.24, 2.45) is 5.92 Å². The Morgan fingerprint density at radius 3 is 2.68 bits per heavy atom. The number of nitrogens with zero attached hydrogens (tertiary/aromatic N) is 3. The lowest BCUT2D eigenvalue weighted by Crippen LogP contribution is -2.40. The number of hydrogen-bond acceptors (Lipinski definition) is 5. The van der Waals surface area contributed by atoms with E-state index in [0.29, 0.717) is 17.6 Å². The number of nitrogens with one attached hydrogen (secondary N) is 1. The van der Waals surface area contributed by atoms with Crippen LogP contribution in [-0.2, 0) is 4.74 Å². The Bertz CT molecular complexity index is 511. The first kappa shape index (κ1) is 16.8. The Hall–Kier alpha value is -1.56. The second-order valence-electron chi connectivity index (χ2n) is 6.51. The van der Waals surface area contributed by atoms with Gasteiger partial charge in [-0.3, -0.25) is 0 Å². The van der Waals surface area contributed by atoms with Crippen molar-refractivity contribution in [3.8, 4) is 0 Å². The predicted octanol–water partition coefficient (Wildman–Crippen LogP) is 2.87. The summed E-state index contributed by atoms with van der Waals surface area (Å²) in [5, 5.41) is 3.30. The van der Waals surface area contributed by atoms with Crippen LogP contribution in [0.1, 0.15) is 33.6 Å². The molecule has 1 aliphatic heterocycles. The van der Waals surface area contributed by atoms with Gasteiger partial charge in [-0.15, -0.1) is 0 Å². The summed E-state index contributed by atoms with van der Waals surface area (Å²) in [6, 6.07) is 1.78. The van der Waals surface area contributed by atoms with E-state index in [0.717, 1.165) is 31.7 Å². The molecular formula is C15H23ClN4O2. The van der Waals surface area contributed by atoms with Crippen LogP contribution in [0, 0.1) is 5.92 Å². The summed E-state index contributed by atoms with van der Waals surface area (Å²) in [6.07, 6.45) is 3.13. The minimum Gasteiger partial charge on any atom is -0.444 e. The Balaban J connectivity index is 1.74. The van der Waals surface area contributed by atoms with Crippen LogP contribution in [0.15, 0.2) is 12.4 Å². The number of anilines is 1. The quantitative estimate of drug-likeness (QED) is 0.865. The summed E-state index contributed by atoms with van der Waals surface area (Å²) in [4.78, 5) is 22.0. The standard InChI is InChI=1S/C15H23ClN4O2/c1-15(2,3)22-14(21)17-9-11-4-6-20(7-5-11)13-8-12(16)18-10-19-13/h8,10-11H,4-7,9H2,1-3H3,(H,17,21). The highest BCUT2D eigenvalue weighted by molar-refractivity contribution is 6.29. The lowest BCUT2D eigenvalue weighted by molar-refractivity contribution is 0.0517. The van der Waals surface area contributed by atoms with Crippen molar-refractivity contribution in [1.82, 2.24) is 15.3 Å². The number of hydrogen-bond donors (Lipinski definition) is 1. The molecule has 1 aliphatic rings. The van der Waals surface area contributed by atoms with Gasteiger partial charge in [0.1, 0.15) is 22.9 Å². The largest absolute Gasteiger partial charge is 0.444 e. The van der Waals surface area contributed by atoms with Crippen LogP contribution in [0.4, 0.5) is 10.6 Å². The number of piperidine rings is 1. The van der Waals surface area contributed by atoms with Crippen molar-refractivity contribution >= 4 is 23.5 Å². The van der Waals surface area contributed by atoms with Gasteiger partial charge in [0.25, 0.3) is 0 Å². The third-order valence-electron chi connectivity index (χ3n) is 3.49. The van der Waals surface area contributed by atoms with Crippen LogP contribution >= 0.6 is 11.6 Å². The topological polar surface area (TPSA) is 67.3 Å². The summed E-state index contributed by atoms with van der Waals surface area (Å²) in [7, 11) is 0. The summed E-state index contributed by atoms with van der Waals surface area (Å²) in [5.41, 5.74) is -0.459. The summed E-state index contributed by atoms with van der Waals surface area (Å²) < 4.78 is 5.24. The first-order valence-corrected chi connectivity index (χ1v) is 7.90. The minimum absolute atomic E-state index is 0.350. The summed E-state index contributed by atoms with van der Waals surface area (Å²) in [5.74, 6) is 1.32. The SMILES string of the molecule is CC(C)(C)OC(=O)NCC1CCN(c2cc(Cl)ncn2)CC1. The van der Waals surface area contributed by atoms with E-state index < -0.39 is 5.60 Å². The van der Waals surface area contributed by atoms with Gasteiger partial charge in [-0.05, 0) is 39.5 Å². The molecule has 0 aliphatic carbocycles. The zero-order valence-electron chi connectivity index (χ0n) is 13.3. The molecule has 1 amide bonds. The molecular weight excluding hydrogens is 304 g/mol. The van der Waals surface area contributed by atoms with E-state index in [2.05, 4.69) is 20.2 Å². The van der Waals surface area contributed by atoms with E-state index in [1.165, 1.54) is 6.33 Å². The molecule has 0 saturated carbocycles. The van der Waals surface area contributed by atoms with Gasteiger partial charge in [0.05, 0.1) is 0 Å². The minimum atomic E-state index is -0.459. The lowest BCUT2D eigenvalue weighted by Gasteiger charge is -2.32. The Kier molecular flexibility index (Phi) is 5.45. The van der Waals surface area contributed by atoms with Gasteiger partial charge >= 0.3 is 6.09 Å². The maximum atomic E-state index is 11.6. The highest BCUT2D eigenvalue weighted by atomic mass is 35.5. The maximum absolute atomic E-state index is 11.6. The third-order valence-corrected chi connectivity index (χ3v) is 3.70. The van der Waals surface area contributed by atoms with Crippen LogP contribution in [0.3, 0.4) is 0 Å². The molecule has 1 aromatic heterocycles. The summed E-state index contributed by atoms with van der Waals surface area (Å²) >= 11 is 5.89. The summed E-state index contributed by atoms with van der Waals surface area (Å²) in [6.45, 7) is 8.02. The second-order valence-corrected chi connectivity index (χ2v) is 6.90. The van der Waals surface area contributed by atoms with Crippen LogP contribution in [0.25, 0.3) is 0 Å². The number of aromatic nitrogens is 2. The molecule has 0 atom stereocenters. The smallest absolute Gasteiger partial charge is 0.407 e. The van der Waals surface area contributed by atoms with E-state index in [4.69, 9.17) is 16.3 Å². The number of alkyl carbamates (subject to hydrolysis) is 1. The molecule has 1 aromatic rings. The Morgan fingerprint density at radius 2 is 2.09 bits per heavy atom. The molecule has 7 heteroatoms. The second kappa shape index (κ2) is 7.13. The van der Waals surface area contributed by atoms with Crippen molar-refractivity contribution in [1.29, 1.82) is 0 Å². The van der Waals surface area contributed by atoms with Gasteiger partial charge in [0, 0.05) is 25.7 Å². The first-order chi connectivity index (χ1) is 10.3. The van der Waals surface area contributed by atoms with E-state index in [-0.39, 0.29) is 6.09 Å².